The highest BCUT2D eigenvalue weighted by Crippen LogP contribution is 2.26. The largest absolute Gasteiger partial charge is 0.457 e. The third-order valence-corrected chi connectivity index (χ3v) is 2.83. The highest BCUT2D eigenvalue weighted by atomic mass is 16.5. The van der Waals surface area contributed by atoms with E-state index in [0.29, 0.717) is 18.0 Å². The number of ether oxygens (including phenoxy) is 2. The van der Waals surface area contributed by atoms with Crippen molar-refractivity contribution in [1.29, 1.82) is 5.26 Å². The SMILES string of the molecule is COCc1cccc(Oc2ccc(N)c(CC#N)c2)c1. The van der Waals surface area contributed by atoms with Gasteiger partial charge in [0.15, 0.2) is 0 Å². The summed E-state index contributed by atoms with van der Waals surface area (Å²) in [6, 6.07) is 15.1. The molecular weight excluding hydrogens is 252 g/mol. The Hall–Kier alpha value is -2.51. The van der Waals surface area contributed by atoms with Crippen LogP contribution in [0.2, 0.25) is 0 Å². The minimum absolute atomic E-state index is 0.271. The number of nitrogen functional groups attached to an aromatic ring is 1. The van der Waals surface area contributed by atoms with Gasteiger partial charge in [-0.3, -0.25) is 0 Å². The predicted octanol–water partition coefficient (Wildman–Crippen LogP) is 3.27. The Bertz CT molecular complexity index is 633. The molecule has 0 heterocycles. The summed E-state index contributed by atoms with van der Waals surface area (Å²) in [6.45, 7) is 0.540. The lowest BCUT2D eigenvalue weighted by molar-refractivity contribution is 0.184. The fraction of sp³-hybridized carbons (Fsp3) is 0.188. The van der Waals surface area contributed by atoms with Crippen LogP contribution in [0, 0.1) is 11.3 Å². The smallest absolute Gasteiger partial charge is 0.127 e. The number of nitrogens with two attached hydrogens (primary N) is 1. The molecule has 0 atom stereocenters. The second-order valence-electron chi connectivity index (χ2n) is 4.38. The van der Waals surface area contributed by atoms with E-state index in [9.17, 15) is 0 Å². The first-order valence-electron chi connectivity index (χ1n) is 6.24. The lowest BCUT2D eigenvalue weighted by Gasteiger charge is -2.09. The standard InChI is InChI=1S/C16H16N2O2/c1-19-11-12-3-2-4-14(9-12)20-15-5-6-16(18)13(10-15)7-8-17/h2-6,9-10H,7,11,18H2,1H3. The van der Waals surface area contributed by atoms with Gasteiger partial charge in [-0.05, 0) is 41.5 Å². The zero-order valence-corrected chi connectivity index (χ0v) is 11.3. The first-order valence-corrected chi connectivity index (χ1v) is 6.24. The molecule has 2 aromatic carbocycles. The van der Waals surface area contributed by atoms with E-state index in [1.54, 1.807) is 25.3 Å². The van der Waals surface area contributed by atoms with Crippen molar-refractivity contribution >= 4 is 5.69 Å². The molecule has 4 heteroatoms. The van der Waals surface area contributed by atoms with E-state index in [2.05, 4.69) is 6.07 Å². The average molecular weight is 268 g/mol. The summed E-state index contributed by atoms with van der Waals surface area (Å²) in [5, 5.41) is 8.76. The van der Waals surface area contributed by atoms with Gasteiger partial charge in [-0.15, -0.1) is 0 Å². The van der Waals surface area contributed by atoms with Crippen molar-refractivity contribution in [1.82, 2.24) is 0 Å². The Kier molecular flexibility index (Phi) is 4.59. The molecule has 0 bridgehead atoms. The molecule has 2 rings (SSSR count). The molecule has 0 unspecified atom stereocenters. The lowest BCUT2D eigenvalue weighted by atomic mass is 10.1. The lowest BCUT2D eigenvalue weighted by Crippen LogP contribution is -1.95. The normalized spacial score (nSPS) is 10.0. The van der Waals surface area contributed by atoms with Crippen LogP contribution in [0.5, 0.6) is 11.5 Å². The zero-order valence-electron chi connectivity index (χ0n) is 11.3. The van der Waals surface area contributed by atoms with E-state index in [-0.39, 0.29) is 6.42 Å². The van der Waals surface area contributed by atoms with Crippen LogP contribution in [-0.2, 0) is 17.8 Å². The Morgan fingerprint density at radius 1 is 1.15 bits per heavy atom. The highest BCUT2D eigenvalue weighted by molar-refractivity contribution is 5.52. The maximum absolute atomic E-state index is 8.76. The highest BCUT2D eigenvalue weighted by Gasteiger charge is 2.04. The van der Waals surface area contributed by atoms with Gasteiger partial charge in [0, 0.05) is 12.8 Å². The monoisotopic (exact) mass is 268 g/mol. The number of hydrogen-bond acceptors (Lipinski definition) is 4. The Morgan fingerprint density at radius 2 is 1.95 bits per heavy atom. The molecule has 0 aromatic heterocycles. The van der Waals surface area contributed by atoms with Gasteiger partial charge in [0.2, 0.25) is 0 Å². The van der Waals surface area contributed by atoms with Gasteiger partial charge in [0.05, 0.1) is 19.1 Å². The molecule has 0 spiro atoms. The van der Waals surface area contributed by atoms with Gasteiger partial charge in [-0.1, -0.05) is 12.1 Å². The number of methoxy groups -OCH3 is 1. The minimum atomic E-state index is 0.271. The number of nitriles is 1. The van der Waals surface area contributed by atoms with Crippen LogP contribution >= 0.6 is 0 Å². The van der Waals surface area contributed by atoms with E-state index >= 15 is 0 Å². The van der Waals surface area contributed by atoms with Crippen molar-refractivity contribution in [3.8, 4) is 17.6 Å². The Balaban J connectivity index is 2.19. The first-order chi connectivity index (χ1) is 9.72. The molecule has 0 amide bonds. The maximum Gasteiger partial charge on any atom is 0.127 e. The molecule has 0 aliphatic heterocycles. The van der Waals surface area contributed by atoms with Gasteiger partial charge in [-0.25, -0.2) is 0 Å². The summed E-state index contributed by atoms with van der Waals surface area (Å²) < 4.78 is 10.9. The molecule has 0 fully saturated rings. The summed E-state index contributed by atoms with van der Waals surface area (Å²) in [4.78, 5) is 0. The second-order valence-corrected chi connectivity index (χ2v) is 4.38. The second kappa shape index (κ2) is 6.60. The average Bonchev–Trinajstić information content (AvgIpc) is 2.44. The van der Waals surface area contributed by atoms with Crippen LogP contribution in [0.4, 0.5) is 5.69 Å². The maximum atomic E-state index is 8.76. The van der Waals surface area contributed by atoms with E-state index < -0.39 is 0 Å². The van der Waals surface area contributed by atoms with E-state index in [0.717, 1.165) is 16.9 Å². The van der Waals surface area contributed by atoms with Crippen LogP contribution in [0.15, 0.2) is 42.5 Å². The van der Waals surface area contributed by atoms with Gasteiger partial charge in [-0.2, -0.15) is 5.26 Å². The molecule has 2 aromatic rings. The number of nitrogens with zero attached hydrogens (tertiary/aromatic N) is 1. The summed E-state index contributed by atoms with van der Waals surface area (Å²) in [7, 11) is 1.65. The fourth-order valence-electron chi connectivity index (χ4n) is 1.89. The van der Waals surface area contributed by atoms with Crippen molar-refractivity contribution in [2.75, 3.05) is 12.8 Å². The summed E-state index contributed by atoms with van der Waals surface area (Å²) >= 11 is 0. The predicted molar refractivity (Wildman–Crippen MR) is 77.4 cm³/mol. The van der Waals surface area contributed by atoms with Gasteiger partial charge >= 0.3 is 0 Å². The number of rotatable bonds is 5. The van der Waals surface area contributed by atoms with Crippen LogP contribution in [0.25, 0.3) is 0 Å². The molecule has 0 saturated heterocycles. The van der Waals surface area contributed by atoms with Crippen LogP contribution in [-0.4, -0.2) is 7.11 Å². The van der Waals surface area contributed by atoms with Gasteiger partial charge in [0.25, 0.3) is 0 Å². The zero-order chi connectivity index (χ0) is 14.4. The topological polar surface area (TPSA) is 68.3 Å². The van der Waals surface area contributed by atoms with Crippen molar-refractivity contribution in [3.63, 3.8) is 0 Å². The van der Waals surface area contributed by atoms with Crippen molar-refractivity contribution < 1.29 is 9.47 Å². The third-order valence-electron chi connectivity index (χ3n) is 2.83. The van der Waals surface area contributed by atoms with Crippen molar-refractivity contribution in [3.05, 3.63) is 53.6 Å². The van der Waals surface area contributed by atoms with Crippen molar-refractivity contribution in [2.24, 2.45) is 0 Å². The summed E-state index contributed by atoms with van der Waals surface area (Å²) in [6.07, 6.45) is 0.271. The molecular formula is C16H16N2O2. The van der Waals surface area contributed by atoms with E-state index in [1.165, 1.54) is 0 Å². The molecule has 0 radical (unpaired) electrons. The van der Waals surface area contributed by atoms with E-state index in [4.69, 9.17) is 20.5 Å². The molecule has 0 aliphatic rings. The van der Waals surface area contributed by atoms with Crippen LogP contribution in [0.1, 0.15) is 11.1 Å². The molecule has 4 nitrogen and oxygen atoms in total. The summed E-state index contributed by atoms with van der Waals surface area (Å²) in [5.41, 5.74) is 8.23. The van der Waals surface area contributed by atoms with Crippen molar-refractivity contribution in [2.45, 2.75) is 13.0 Å². The molecule has 20 heavy (non-hydrogen) atoms. The van der Waals surface area contributed by atoms with Gasteiger partial charge < -0.3 is 15.2 Å². The third kappa shape index (κ3) is 3.50. The number of anilines is 1. The number of hydrogen-bond donors (Lipinski definition) is 1. The quantitative estimate of drug-likeness (QED) is 0.845. The molecule has 0 aliphatic carbocycles. The Morgan fingerprint density at radius 3 is 2.70 bits per heavy atom. The fourth-order valence-corrected chi connectivity index (χ4v) is 1.89. The van der Waals surface area contributed by atoms with Crippen LogP contribution in [0.3, 0.4) is 0 Å². The minimum Gasteiger partial charge on any atom is -0.457 e. The molecule has 102 valence electrons. The molecule has 2 N–H and O–H groups in total. The molecule has 0 saturated carbocycles. The first kappa shape index (κ1) is 13.9. The van der Waals surface area contributed by atoms with Crippen LogP contribution < -0.4 is 10.5 Å². The Labute approximate surface area is 118 Å². The number of benzene rings is 2. The van der Waals surface area contributed by atoms with E-state index in [1.807, 2.05) is 24.3 Å². The van der Waals surface area contributed by atoms with Gasteiger partial charge in [0.1, 0.15) is 11.5 Å². The summed E-state index contributed by atoms with van der Waals surface area (Å²) in [5.74, 6) is 1.39.